The van der Waals surface area contributed by atoms with Crippen LogP contribution in [0.2, 0.25) is 0 Å². The summed E-state index contributed by atoms with van der Waals surface area (Å²) in [4.78, 5) is 37.9. The van der Waals surface area contributed by atoms with E-state index in [4.69, 9.17) is 9.84 Å². The van der Waals surface area contributed by atoms with Crippen LogP contribution in [0, 0.1) is 0 Å². The van der Waals surface area contributed by atoms with Gasteiger partial charge in [-0.1, -0.05) is 12.1 Å². The predicted octanol–water partition coefficient (Wildman–Crippen LogP) is 0.801. The molecule has 2 aliphatic heterocycles. The maximum Gasteiger partial charge on any atom is 0.334 e. The average molecular weight is 336 g/mol. The fourth-order valence-corrected chi connectivity index (χ4v) is 3.64. The van der Waals surface area contributed by atoms with Gasteiger partial charge in [-0.05, 0) is 12.1 Å². The largest absolute Gasteiger partial charge is 0.479 e. The lowest BCUT2D eigenvalue weighted by Crippen LogP contribution is -2.49. The van der Waals surface area contributed by atoms with Gasteiger partial charge in [0.1, 0.15) is 0 Å². The average Bonchev–Trinajstić information content (AvgIpc) is 2.55. The molecular formula is C15H16N2O5S. The van der Waals surface area contributed by atoms with Crippen LogP contribution in [0.4, 0.5) is 5.69 Å². The first-order chi connectivity index (χ1) is 11.0. The van der Waals surface area contributed by atoms with E-state index in [1.165, 1.54) is 16.7 Å². The Kier molecular flexibility index (Phi) is 4.53. The number of para-hydroxylation sites is 1. The highest BCUT2D eigenvalue weighted by atomic mass is 32.2. The van der Waals surface area contributed by atoms with Gasteiger partial charge < -0.3 is 20.1 Å². The molecule has 0 bridgehead atoms. The molecule has 122 valence electrons. The molecule has 2 atom stereocenters. The number of benzene rings is 1. The number of morpholine rings is 1. The van der Waals surface area contributed by atoms with Crippen molar-refractivity contribution < 1.29 is 24.2 Å². The van der Waals surface area contributed by atoms with Gasteiger partial charge in [0, 0.05) is 17.9 Å². The number of ether oxygens (including phenoxy) is 1. The molecule has 0 spiro atoms. The van der Waals surface area contributed by atoms with Crippen LogP contribution in [-0.2, 0) is 19.1 Å². The van der Waals surface area contributed by atoms with E-state index in [0.717, 1.165) is 10.6 Å². The highest BCUT2D eigenvalue weighted by Crippen LogP contribution is 2.36. The van der Waals surface area contributed by atoms with E-state index in [0.29, 0.717) is 6.54 Å². The molecule has 0 unspecified atom stereocenters. The van der Waals surface area contributed by atoms with E-state index in [1.807, 2.05) is 24.3 Å². The second-order valence-electron chi connectivity index (χ2n) is 5.33. The van der Waals surface area contributed by atoms with Gasteiger partial charge >= 0.3 is 5.97 Å². The van der Waals surface area contributed by atoms with Crippen LogP contribution >= 0.6 is 11.8 Å². The van der Waals surface area contributed by atoms with Gasteiger partial charge in [0.2, 0.25) is 11.8 Å². The maximum absolute atomic E-state index is 12.4. The summed E-state index contributed by atoms with van der Waals surface area (Å²) in [5.41, 5.74) is 0.753. The predicted molar refractivity (Wildman–Crippen MR) is 83.3 cm³/mol. The number of carbonyl (C=O) groups excluding carboxylic acids is 2. The summed E-state index contributed by atoms with van der Waals surface area (Å²) in [5, 5.41) is 11.3. The molecule has 2 heterocycles. The number of anilines is 1. The van der Waals surface area contributed by atoms with Crippen molar-refractivity contribution in [3.05, 3.63) is 24.3 Å². The molecule has 2 aliphatic rings. The zero-order valence-electron chi connectivity index (χ0n) is 12.2. The zero-order chi connectivity index (χ0) is 16.4. The van der Waals surface area contributed by atoms with E-state index in [1.54, 1.807) is 0 Å². The van der Waals surface area contributed by atoms with Gasteiger partial charge in [-0.25, -0.2) is 4.79 Å². The lowest BCUT2D eigenvalue weighted by Gasteiger charge is -2.32. The minimum atomic E-state index is -1.08. The van der Waals surface area contributed by atoms with Crippen molar-refractivity contribution in [3.63, 3.8) is 0 Å². The summed E-state index contributed by atoms with van der Waals surface area (Å²) in [7, 11) is 0. The Bertz CT molecular complexity index is 651. The number of thioether (sulfide) groups is 1. The van der Waals surface area contributed by atoms with Gasteiger partial charge in [-0.3, -0.25) is 9.59 Å². The number of rotatable bonds is 3. The van der Waals surface area contributed by atoms with Crippen LogP contribution in [0.15, 0.2) is 29.2 Å². The molecule has 0 aromatic heterocycles. The van der Waals surface area contributed by atoms with Gasteiger partial charge in [0.25, 0.3) is 0 Å². The van der Waals surface area contributed by atoms with E-state index < -0.39 is 17.3 Å². The Labute approximate surface area is 137 Å². The second-order valence-corrected chi connectivity index (χ2v) is 6.58. The monoisotopic (exact) mass is 336 g/mol. The van der Waals surface area contributed by atoms with Crippen LogP contribution in [0.1, 0.15) is 6.42 Å². The van der Waals surface area contributed by atoms with Gasteiger partial charge in [-0.2, -0.15) is 0 Å². The number of nitrogens with zero attached hydrogens (tertiary/aromatic N) is 1. The van der Waals surface area contributed by atoms with Crippen LogP contribution in [-0.4, -0.2) is 58.8 Å². The third-order valence-corrected chi connectivity index (χ3v) is 5.04. The number of aliphatic carboxylic acids is 1. The molecule has 0 saturated carbocycles. The van der Waals surface area contributed by atoms with Crippen molar-refractivity contribution in [1.82, 2.24) is 4.90 Å². The minimum Gasteiger partial charge on any atom is -0.479 e. The van der Waals surface area contributed by atoms with Crippen molar-refractivity contribution in [2.24, 2.45) is 0 Å². The van der Waals surface area contributed by atoms with Crippen molar-refractivity contribution in [1.29, 1.82) is 0 Å². The Morgan fingerprint density at radius 1 is 1.39 bits per heavy atom. The maximum atomic E-state index is 12.4. The molecule has 1 aromatic carbocycles. The lowest BCUT2D eigenvalue weighted by molar-refractivity contribution is -0.159. The molecule has 7 nitrogen and oxygen atoms in total. The van der Waals surface area contributed by atoms with Crippen molar-refractivity contribution in [2.45, 2.75) is 22.7 Å². The van der Waals surface area contributed by atoms with Gasteiger partial charge in [0.15, 0.2) is 6.10 Å². The number of amides is 2. The van der Waals surface area contributed by atoms with Crippen molar-refractivity contribution in [2.75, 3.05) is 25.0 Å². The van der Waals surface area contributed by atoms with Crippen molar-refractivity contribution in [3.8, 4) is 0 Å². The van der Waals surface area contributed by atoms with Gasteiger partial charge in [0.05, 0.1) is 24.1 Å². The summed E-state index contributed by atoms with van der Waals surface area (Å²) in [6.07, 6.45) is -0.960. The third-order valence-electron chi connectivity index (χ3n) is 3.76. The molecule has 23 heavy (non-hydrogen) atoms. The molecule has 2 amide bonds. The quantitative estimate of drug-likeness (QED) is 0.848. The van der Waals surface area contributed by atoms with E-state index in [2.05, 4.69) is 5.32 Å². The molecular weight excluding hydrogens is 320 g/mol. The first-order valence-corrected chi connectivity index (χ1v) is 8.11. The first kappa shape index (κ1) is 15.8. The van der Waals surface area contributed by atoms with E-state index >= 15 is 0 Å². The summed E-state index contributed by atoms with van der Waals surface area (Å²) in [6.45, 7) is 0.553. The standard InChI is InChI=1S/C15H16N2O5S/c18-13(17-5-6-22-10(8-17)15(20)21)7-12-14(19)16-9-3-1-2-4-11(9)23-12/h1-4,10,12H,5-8H2,(H,16,19)(H,20,21)/t10-,12+/m0/s1. The minimum absolute atomic E-state index is 0.0176. The Hall–Kier alpha value is -2.06. The third kappa shape index (κ3) is 3.48. The number of carboxylic acid groups (broad SMARTS) is 1. The summed E-state index contributed by atoms with van der Waals surface area (Å²) >= 11 is 1.36. The lowest BCUT2D eigenvalue weighted by atomic mass is 10.2. The molecule has 3 rings (SSSR count). The van der Waals surface area contributed by atoms with Crippen LogP contribution < -0.4 is 5.32 Å². The number of nitrogens with one attached hydrogen (secondary N) is 1. The fraction of sp³-hybridized carbons (Fsp3) is 0.400. The number of carboxylic acids is 1. The molecule has 0 aliphatic carbocycles. The Morgan fingerprint density at radius 3 is 2.96 bits per heavy atom. The van der Waals surface area contributed by atoms with Crippen molar-refractivity contribution >= 4 is 35.2 Å². The van der Waals surface area contributed by atoms with Gasteiger partial charge in [-0.15, -0.1) is 11.8 Å². The zero-order valence-corrected chi connectivity index (χ0v) is 13.0. The number of fused-ring (bicyclic) bond motifs is 1. The molecule has 1 saturated heterocycles. The SMILES string of the molecule is O=C(O)[C@@H]1CN(C(=O)C[C@H]2Sc3ccccc3NC2=O)CCO1. The summed E-state index contributed by atoms with van der Waals surface area (Å²) in [6, 6.07) is 7.43. The number of hydrogen-bond acceptors (Lipinski definition) is 5. The van der Waals surface area contributed by atoms with Crippen LogP contribution in [0.25, 0.3) is 0 Å². The molecule has 1 fully saturated rings. The number of carbonyl (C=O) groups is 3. The summed E-state index contributed by atoms with van der Waals surface area (Å²) < 4.78 is 5.10. The highest BCUT2D eigenvalue weighted by Gasteiger charge is 2.33. The topological polar surface area (TPSA) is 95.9 Å². The van der Waals surface area contributed by atoms with Crippen LogP contribution in [0.5, 0.6) is 0 Å². The number of hydrogen-bond donors (Lipinski definition) is 2. The molecule has 1 aromatic rings. The second kappa shape index (κ2) is 6.59. The molecule has 0 radical (unpaired) electrons. The fourth-order valence-electron chi connectivity index (χ4n) is 2.54. The highest BCUT2D eigenvalue weighted by molar-refractivity contribution is 8.01. The normalized spacial score (nSPS) is 23.8. The van der Waals surface area contributed by atoms with E-state index in [-0.39, 0.29) is 31.4 Å². The molecule has 2 N–H and O–H groups in total. The first-order valence-electron chi connectivity index (χ1n) is 7.23. The molecule has 8 heteroatoms. The van der Waals surface area contributed by atoms with Crippen LogP contribution in [0.3, 0.4) is 0 Å². The Morgan fingerprint density at radius 2 is 2.17 bits per heavy atom. The van der Waals surface area contributed by atoms with E-state index in [9.17, 15) is 14.4 Å². The Balaban J connectivity index is 1.64. The smallest absolute Gasteiger partial charge is 0.334 e. The summed E-state index contributed by atoms with van der Waals surface area (Å²) in [5.74, 6) is -1.52.